The van der Waals surface area contributed by atoms with Crippen molar-refractivity contribution in [2.75, 3.05) is 0 Å². The van der Waals surface area contributed by atoms with Crippen LogP contribution in [-0.2, 0) is 0 Å². The molecule has 126 valence electrons. The molecule has 3 heterocycles. The molecule has 0 saturated heterocycles. The van der Waals surface area contributed by atoms with Crippen molar-refractivity contribution < 1.29 is 0 Å². The maximum Gasteiger partial charge on any atom is 0.155 e. The molecule has 0 saturated carbocycles. The lowest BCUT2D eigenvalue weighted by atomic mass is 9.88. The third-order valence-corrected chi connectivity index (χ3v) is 5.07. The monoisotopic (exact) mass is 338 g/mol. The summed E-state index contributed by atoms with van der Waals surface area (Å²) in [5.41, 5.74) is 6.55. The molecule has 1 N–H and O–H groups in total. The number of hydrogen-bond acceptors (Lipinski definition) is 3. The van der Waals surface area contributed by atoms with Gasteiger partial charge < -0.3 is 0 Å². The summed E-state index contributed by atoms with van der Waals surface area (Å²) >= 11 is 0. The number of nitrogens with one attached hydrogen (secondary N) is 1. The third kappa shape index (κ3) is 2.51. The first-order valence-corrected chi connectivity index (χ1v) is 8.89. The van der Waals surface area contributed by atoms with Crippen LogP contribution in [0.5, 0.6) is 0 Å². The highest BCUT2D eigenvalue weighted by molar-refractivity contribution is 5.86. The number of aromatic nitrogens is 4. The van der Waals surface area contributed by atoms with Crippen LogP contribution in [0.15, 0.2) is 73.2 Å². The third-order valence-electron chi connectivity index (χ3n) is 5.07. The summed E-state index contributed by atoms with van der Waals surface area (Å²) in [5, 5.41) is 7.99. The van der Waals surface area contributed by atoms with Crippen LogP contribution in [0.1, 0.15) is 24.3 Å². The lowest BCUT2D eigenvalue weighted by Crippen LogP contribution is -1.99. The van der Waals surface area contributed by atoms with Gasteiger partial charge in [0.05, 0.1) is 11.9 Å². The molecule has 0 spiro atoms. The first kappa shape index (κ1) is 15.0. The normalized spacial score (nSPS) is 14.3. The van der Waals surface area contributed by atoms with E-state index in [1.807, 2.05) is 18.5 Å². The average molecular weight is 338 g/mol. The van der Waals surface area contributed by atoms with Crippen molar-refractivity contribution in [3.05, 3.63) is 78.8 Å². The van der Waals surface area contributed by atoms with Crippen LogP contribution in [0.3, 0.4) is 0 Å². The summed E-state index contributed by atoms with van der Waals surface area (Å²) in [7, 11) is 0. The second kappa shape index (κ2) is 6.23. The molecule has 0 fully saturated rings. The van der Waals surface area contributed by atoms with Gasteiger partial charge in [-0.05, 0) is 36.5 Å². The Morgan fingerprint density at radius 1 is 0.885 bits per heavy atom. The average Bonchev–Trinajstić information content (AvgIpc) is 3.39. The molecule has 4 nitrogen and oxygen atoms in total. The first-order valence-electron chi connectivity index (χ1n) is 8.89. The van der Waals surface area contributed by atoms with Crippen molar-refractivity contribution in [3.63, 3.8) is 0 Å². The second-order valence-electron chi connectivity index (χ2n) is 6.66. The Labute approximate surface area is 151 Å². The van der Waals surface area contributed by atoms with Crippen LogP contribution in [-0.4, -0.2) is 20.2 Å². The fourth-order valence-corrected chi connectivity index (χ4v) is 3.78. The minimum atomic E-state index is 0.538. The van der Waals surface area contributed by atoms with Gasteiger partial charge in [-0.25, -0.2) is 4.98 Å². The van der Waals surface area contributed by atoms with Crippen molar-refractivity contribution in [2.24, 2.45) is 0 Å². The predicted molar refractivity (Wildman–Crippen MR) is 104 cm³/mol. The molecule has 26 heavy (non-hydrogen) atoms. The highest BCUT2D eigenvalue weighted by Crippen LogP contribution is 2.39. The van der Waals surface area contributed by atoms with Crippen LogP contribution >= 0.6 is 0 Å². The fourth-order valence-electron chi connectivity index (χ4n) is 3.78. The molecule has 1 aliphatic carbocycles. The highest BCUT2D eigenvalue weighted by Gasteiger charge is 2.19. The predicted octanol–water partition coefficient (Wildman–Crippen LogP) is 5.12. The summed E-state index contributed by atoms with van der Waals surface area (Å²) in [4.78, 5) is 9.25. The zero-order valence-electron chi connectivity index (χ0n) is 14.3. The SMILES string of the molecule is C1=CCC(c2ccccc2-c2ncccc2-c2cnc3[nH]ncc3c2)C1. The van der Waals surface area contributed by atoms with Gasteiger partial charge in [-0.1, -0.05) is 42.5 Å². The van der Waals surface area contributed by atoms with Gasteiger partial charge in [0.15, 0.2) is 5.65 Å². The van der Waals surface area contributed by atoms with E-state index in [9.17, 15) is 0 Å². The van der Waals surface area contributed by atoms with E-state index in [0.29, 0.717) is 5.92 Å². The van der Waals surface area contributed by atoms with Crippen LogP contribution < -0.4 is 0 Å². The van der Waals surface area contributed by atoms with Gasteiger partial charge in [0.25, 0.3) is 0 Å². The van der Waals surface area contributed by atoms with E-state index in [1.165, 1.54) is 11.1 Å². The molecule has 0 aliphatic heterocycles. The van der Waals surface area contributed by atoms with Gasteiger partial charge in [0.1, 0.15) is 0 Å². The summed E-state index contributed by atoms with van der Waals surface area (Å²) in [5.74, 6) is 0.538. The zero-order valence-corrected chi connectivity index (χ0v) is 14.3. The Kier molecular flexibility index (Phi) is 3.60. The molecule has 0 unspecified atom stereocenters. The van der Waals surface area contributed by atoms with Gasteiger partial charge in [-0.15, -0.1) is 0 Å². The quantitative estimate of drug-likeness (QED) is 0.527. The lowest BCUT2D eigenvalue weighted by molar-refractivity contribution is 0.755. The Balaban J connectivity index is 1.67. The van der Waals surface area contributed by atoms with Gasteiger partial charge >= 0.3 is 0 Å². The molecule has 0 atom stereocenters. The second-order valence-corrected chi connectivity index (χ2v) is 6.66. The van der Waals surface area contributed by atoms with Crippen LogP contribution in [0.25, 0.3) is 33.4 Å². The summed E-state index contributed by atoms with van der Waals surface area (Å²) < 4.78 is 0. The van der Waals surface area contributed by atoms with Crippen molar-refractivity contribution in [1.82, 2.24) is 20.2 Å². The number of allylic oxidation sites excluding steroid dienone is 2. The maximum absolute atomic E-state index is 4.75. The largest absolute Gasteiger partial charge is 0.261 e. The van der Waals surface area contributed by atoms with E-state index in [0.717, 1.165) is 40.7 Å². The van der Waals surface area contributed by atoms with Crippen molar-refractivity contribution >= 4 is 11.0 Å². The van der Waals surface area contributed by atoms with Crippen LogP contribution in [0.4, 0.5) is 0 Å². The van der Waals surface area contributed by atoms with Crippen molar-refractivity contribution in [3.8, 4) is 22.4 Å². The van der Waals surface area contributed by atoms with E-state index >= 15 is 0 Å². The van der Waals surface area contributed by atoms with E-state index < -0.39 is 0 Å². The summed E-state index contributed by atoms with van der Waals surface area (Å²) in [6.07, 6.45) is 12.3. The van der Waals surface area contributed by atoms with E-state index in [4.69, 9.17) is 4.98 Å². The van der Waals surface area contributed by atoms with Crippen molar-refractivity contribution in [2.45, 2.75) is 18.8 Å². The molecule has 4 heteroatoms. The Bertz CT molecular complexity index is 1100. The molecular formula is C22H18N4. The number of pyridine rings is 2. The molecule has 1 aromatic carbocycles. The smallest absolute Gasteiger partial charge is 0.155 e. The molecular weight excluding hydrogens is 320 g/mol. The number of benzene rings is 1. The Morgan fingerprint density at radius 3 is 2.65 bits per heavy atom. The molecule has 0 radical (unpaired) electrons. The number of fused-ring (bicyclic) bond motifs is 1. The lowest BCUT2D eigenvalue weighted by Gasteiger charge is -2.17. The van der Waals surface area contributed by atoms with Crippen molar-refractivity contribution in [1.29, 1.82) is 0 Å². The number of H-pyrrole nitrogens is 1. The molecule has 4 aromatic rings. The van der Waals surface area contributed by atoms with E-state index in [1.54, 1.807) is 6.20 Å². The topological polar surface area (TPSA) is 54.5 Å². The summed E-state index contributed by atoms with van der Waals surface area (Å²) in [6, 6.07) is 14.9. The number of rotatable bonds is 3. The molecule has 0 bridgehead atoms. The van der Waals surface area contributed by atoms with Crippen LogP contribution in [0, 0.1) is 0 Å². The van der Waals surface area contributed by atoms with Gasteiger partial charge in [-0.2, -0.15) is 5.10 Å². The van der Waals surface area contributed by atoms with Gasteiger partial charge in [0.2, 0.25) is 0 Å². The number of hydrogen-bond donors (Lipinski definition) is 1. The highest BCUT2D eigenvalue weighted by atomic mass is 15.1. The Hall–Kier alpha value is -3.27. The van der Waals surface area contributed by atoms with Gasteiger partial charge in [0, 0.05) is 34.5 Å². The summed E-state index contributed by atoms with van der Waals surface area (Å²) in [6.45, 7) is 0. The maximum atomic E-state index is 4.75. The molecule has 1 aliphatic rings. The zero-order chi connectivity index (χ0) is 17.3. The van der Waals surface area contributed by atoms with Gasteiger partial charge in [-0.3, -0.25) is 10.1 Å². The van der Waals surface area contributed by atoms with E-state index in [2.05, 4.69) is 63.7 Å². The number of aromatic amines is 1. The Morgan fingerprint density at radius 2 is 1.73 bits per heavy atom. The minimum Gasteiger partial charge on any atom is -0.261 e. The first-order chi connectivity index (χ1) is 12.9. The minimum absolute atomic E-state index is 0.538. The molecule has 0 amide bonds. The van der Waals surface area contributed by atoms with E-state index in [-0.39, 0.29) is 0 Å². The standard InChI is InChI=1S/C22H18N4/c1-2-7-15(6-1)18-8-3-4-9-20(18)21-19(10-5-11-23-21)16-12-17-14-25-26-22(17)24-13-16/h1-5,8-15H,6-7H2,(H,24,25,26). The number of nitrogens with zero attached hydrogens (tertiary/aromatic N) is 3. The molecule has 5 rings (SSSR count). The molecule has 3 aromatic heterocycles. The van der Waals surface area contributed by atoms with Crippen LogP contribution in [0.2, 0.25) is 0 Å². The fraction of sp³-hybridized carbons (Fsp3) is 0.136.